The Morgan fingerprint density at radius 3 is 2.57 bits per heavy atom. The molecule has 28 heavy (non-hydrogen) atoms. The molecule has 1 saturated heterocycles. The Hall–Kier alpha value is -2.08. The van der Waals surface area contributed by atoms with Gasteiger partial charge in [-0.2, -0.15) is 0 Å². The number of carbonyl (C=O) groups is 1. The van der Waals surface area contributed by atoms with E-state index in [9.17, 15) is 4.79 Å². The van der Waals surface area contributed by atoms with Gasteiger partial charge in [-0.1, -0.05) is 72.0 Å². The summed E-state index contributed by atoms with van der Waals surface area (Å²) in [6.45, 7) is 5.29. The van der Waals surface area contributed by atoms with Crippen LogP contribution < -0.4 is 0 Å². The van der Waals surface area contributed by atoms with Crippen LogP contribution in [0.15, 0.2) is 53.4 Å². The Bertz CT molecular complexity index is 1130. The molecule has 0 N–H and O–H groups in total. The summed E-state index contributed by atoms with van der Waals surface area (Å²) in [6, 6.07) is 16.2. The van der Waals surface area contributed by atoms with Gasteiger partial charge in [0.25, 0.3) is 5.91 Å². The van der Waals surface area contributed by atoms with Gasteiger partial charge >= 0.3 is 0 Å². The summed E-state index contributed by atoms with van der Waals surface area (Å²) in [4.78, 5) is 15.0. The Labute approximate surface area is 179 Å². The lowest BCUT2D eigenvalue weighted by Crippen LogP contribution is -2.27. The molecule has 0 spiro atoms. The van der Waals surface area contributed by atoms with Crippen LogP contribution in [-0.4, -0.2) is 26.2 Å². The van der Waals surface area contributed by atoms with Crippen LogP contribution in [0.25, 0.3) is 17.0 Å². The molecule has 2 aromatic carbocycles. The smallest absolute Gasteiger partial charge is 0.266 e. The molecule has 6 heteroatoms. The molecule has 142 valence electrons. The number of rotatable bonds is 4. The predicted molar refractivity (Wildman–Crippen MR) is 123 cm³/mol. The second kappa shape index (κ2) is 7.74. The van der Waals surface area contributed by atoms with E-state index in [1.54, 1.807) is 4.90 Å². The first-order valence-electron chi connectivity index (χ1n) is 9.08. The minimum Gasteiger partial charge on any atom is -0.340 e. The minimum absolute atomic E-state index is 0.0140. The van der Waals surface area contributed by atoms with Gasteiger partial charge in [-0.3, -0.25) is 9.69 Å². The van der Waals surface area contributed by atoms with Crippen LogP contribution in [0.1, 0.15) is 23.7 Å². The van der Waals surface area contributed by atoms with Gasteiger partial charge in [-0.05, 0) is 37.6 Å². The maximum atomic E-state index is 12.7. The summed E-state index contributed by atoms with van der Waals surface area (Å²) in [5, 5.41) is 1.87. The average Bonchev–Trinajstić information content (AvgIpc) is 3.11. The van der Waals surface area contributed by atoms with Gasteiger partial charge in [0.2, 0.25) is 0 Å². The van der Waals surface area contributed by atoms with Crippen molar-refractivity contribution >= 4 is 62.8 Å². The summed E-state index contributed by atoms with van der Waals surface area (Å²) < 4.78 is 2.87. The number of hydrogen-bond acceptors (Lipinski definition) is 3. The lowest BCUT2D eigenvalue weighted by Gasteiger charge is -2.10. The molecule has 0 aliphatic carbocycles. The molecule has 3 nitrogen and oxygen atoms in total. The third-order valence-corrected chi connectivity index (χ3v) is 6.78. The first-order valence-corrected chi connectivity index (χ1v) is 10.7. The number of para-hydroxylation sites is 1. The van der Waals surface area contributed by atoms with Crippen molar-refractivity contribution in [2.45, 2.75) is 20.4 Å². The maximum absolute atomic E-state index is 12.7. The van der Waals surface area contributed by atoms with E-state index in [2.05, 4.69) is 23.6 Å². The van der Waals surface area contributed by atoms with Crippen molar-refractivity contribution in [1.29, 1.82) is 0 Å². The molecule has 1 aliphatic rings. The molecule has 0 atom stereocenters. The van der Waals surface area contributed by atoms with Crippen molar-refractivity contribution in [2.24, 2.45) is 0 Å². The summed E-state index contributed by atoms with van der Waals surface area (Å²) in [5.74, 6) is -0.0140. The van der Waals surface area contributed by atoms with Crippen LogP contribution in [0, 0.1) is 6.92 Å². The highest BCUT2D eigenvalue weighted by Gasteiger charge is 2.31. The Kier molecular flexibility index (Phi) is 5.32. The third-order valence-electron chi connectivity index (χ3n) is 5.03. The zero-order valence-electron chi connectivity index (χ0n) is 15.6. The van der Waals surface area contributed by atoms with E-state index in [1.165, 1.54) is 11.8 Å². The number of thiocarbonyl (C=S) groups is 1. The van der Waals surface area contributed by atoms with Crippen molar-refractivity contribution < 1.29 is 4.79 Å². The number of nitrogens with zero attached hydrogens (tertiary/aromatic N) is 2. The van der Waals surface area contributed by atoms with E-state index in [0.717, 1.165) is 32.7 Å². The van der Waals surface area contributed by atoms with E-state index >= 15 is 0 Å². The fraction of sp³-hybridized carbons (Fsp3) is 0.182. The number of thioether (sulfide) groups is 1. The summed E-state index contributed by atoms with van der Waals surface area (Å²) in [5.41, 5.74) is 4.34. The number of hydrogen-bond donors (Lipinski definition) is 0. The molecular weight excluding hydrogens is 408 g/mol. The monoisotopic (exact) mass is 426 g/mol. The topological polar surface area (TPSA) is 25.2 Å². The minimum atomic E-state index is -0.0140. The first-order chi connectivity index (χ1) is 13.5. The number of halogens is 1. The van der Waals surface area contributed by atoms with Crippen molar-refractivity contribution in [2.75, 3.05) is 6.54 Å². The average molecular weight is 427 g/mol. The molecule has 3 aromatic rings. The van der Waals surface area contributed by atoms with E-state index in [1.807, 2.05) is 49.4 Å². The van der Waals surface area contributed by atoms with Crippen LogP contribution in [0.3, 0.4) is 0 Å². The Morgan fingerprint density at radius 1 is 1.14 bits per heavy atom. The summed E-state index contributed by atoms with van der Waals surface area (Å²) in [7, 11) is 0. The molecule has 1 aliphatic heterocycles. The fourth-order valence-corrected chi connectivity index (χ4v) is 5.11. The Balaban J connectivity index is 1.84. The molecule has 1 amide bonds. The van der Waals surface area contributed by atoms with Gasteiger partial charge in [0, 0.05) is 40.3 Å². The highest BCUT2D eigenvalue weighted by molar-refractivity contribution is 8.26. The highest BCUT2D eigenvalue weighted by Crippen LogP contribution is 2.36. The summed E-state index contributed by atoms with van der Waals surface area (Å²) >= 11 is 13.1. The molecule has 0 saturated carbocycles. The molecule has 4 rings (SSSR count). The van der Waals surface area contributed by atoms with E-state index < -0.39 is 0 Å². The second-order valence-electron chi connectivity index (χ2n) is 6.62. The van der Waals surface area contributed by atoms with Crippen LogP contribution in [-0.2, 0) is 11.3 Å². The predicted octanol–water partition coefficient (Wildman–Crippen LogP) is 5.87. The zero-order valence-corrected chi connectivity index (χ0v) is 18.0. The lowest BCUT2D eigenvalue weighted by atomic mass is 10.1. The van der Waals surface area contributed by atoms with Crippen LogP contribution in [0.2, 0.25) is 5.02 Å². The number of benzene rings is 2. The third kappa shape index (κ3) is 3.28. The molecule has 1 fully saturated rings. The largest absolute Gasteiger partial charge is 0.340 e. The number of amides is 1. The van der Waals surface area contributed by atoms with E-state index in [4.69, 9.17) is 23.8 Å². The van der Waals surface area contributed by atoms with Crippen molar-refractivity contribution in [3.63, 3.8) is 0 Å². The van der Waals surface area contributed by atoms with Crippen molar-refractivity contribution in [3.05, 3.63) is 75.3 Å². The van der Waals surface area contributed by atoms with Gasteiger partial charge in [0.05, 0.1) is 4.91 Å². The fourth-order valence-electron chi connectivity index (χ4n) is 3.54. The molecule has 1 aromatic heterocycles. The zero-order chi connectivity index (χ0) is 19.8. The van der Waals surface area contributed by atoms with Gasteiger partial charge < -0.3 is 4.57 Å². The van der Waals surface area contributed by atoms with E-state index in [-0.39, 0.29) is 5.91 Å². The second-order valence-corrected chi connectivity index (χ2v) is 8.70. The molecule has 0 radical (unpaired) electrons. The van der Waals surface area contributed by atoms with Gasteiger partial charge in [0.1, 0.15) is 4.32 Å². The number of carbonyl (C=O) groups excluding carboxylic acids is 1. The number of aromatic nitrogens is 1. The SMILES string of the molecule is CCN1C(=O)C(=Cc2c(C)n(Cc3ccccc3Cl)c3ccccc23)SC1=S. The van der Waals surface area contributed by atoms with Crippen LogP contribution in [0.5, 0.6) is 0 Å². The van der Waals surface area contributed by atoms with Crippen LogP contribution in [0.4, 0.5) is 0 Å². The number of likely N-dealkylation sites (N-methyl/N-ethyl adjacent to an activating group) is 1. The molecule has 2 heterocycles. The van der Waals surface area contributed by atoms with Crippen molar-refractivity contribution in [3.8, 4) is 0 Å². The van der Waals surface area contributed by atoms with Crippen molar-refractivity contribution in [1.82, 2.24) is 9.47 Å². The van der Waals surface area contributed by atoms with Crippen LogP contribution >= 0.6 is 35.6 Å². The van der Waals surface area contributed by atoms with Gasteiger partial charge in [0.15, 0.2) is 0 Å². The molecular formula is C22H19ClN2OS2. The maximum Gasteiger partial charge on any atom is 0.266 e. The van der Waals surface area contributed by atoms with Gasteiger partial charge in [-0.25, -0.2) is 0 Å². The standard InChI is InChI=1S/C22H19ClN2OS2/c1-3-24-21(26)20(28-22(24)27)12-17-14(2)25(19-11-7-5-9-16(17)19)13-15-8-4-6-10-18(15)23/h4-12H,3,13H2,1-2H3. The van der Waals surface area contributed by atoms with E-state index in [0.29, 0.717) is 22.3 Å². The summed E-state index contributed by atoms with van der Waals surface area (Å²) in [6.07, 6.45) is 1.98. The number of fused-ring (bicyclic) bond motifs is 1. The lowest BCUT2D eigenvalue weighted by molar-refractivity contribution is -0.121. The molecule has 0 bridgehead atoms. The Morgan fingerprint density at radius 2 is 1.86 bits per heavy atom. The first kappa shape index (κ1) is 19.2. The normalized spacial score (nSPS) is 16.0. The quantitative estimate of drug-likeness (QED) is 0.385. The van der Waals surface area contributed by atoms with Gasteiger partial charge in [-0.15, -0.1) is 0 Å². The molecule has 0 unspecified atom stereocenters. The highest BCUT2D eigenvalue weighted by atomic mass is 35.5.